The Hall–Kier alpha value is -1.91. The molecule has 84 valence electrons. The zero-order valence-electron chi connectivity index (χ0n) is 9.47. The average molecular weight is 219 g/mol. The van der Waals surface area contributed by atoms with Crippen LogP contribution in [0.1, 0.15) is 20.8 Å². The smallest absolute Gasteiger partial charge is 0.418 e. The number of rotatable bonds is 0. The molecule has 5 heteroatoms. The van der Waals surface area contributed by atoms with E-state index in [-0.39, 0.29) is 0 Å². The zero-order chi connectivity index (χ0) is 11.8. The Kier molecular flexibility index (Phi) is 2.38. The molecule has 0 spiro atoms. The molecule has 0 atom stereocenters. The third-order valence-corrected chi connectivity index (χ3v) is 1.91. The molecule has 5 nitrogen and oxygen atoms in total. The van der Waals surface area contributed by atoms with Crippen molar-refractivity contribution in [1.29, 1.82) is 0 Å². The number of fused-ring (bicyclic) bond motifs is 1. The molecule has 0 bridgehead atoms. The number of pyridine rings is 1. The number of carbonyl (C=O) groups excluding carboxylic acids is 1. The van der Waals surface area contributed by atoms with Crippen molar-refractivity contribution in [2.45, 2.75) is 26.4 Å². The first kappa shape index (κ1) is 10.6. The predicted molar refractivity (Wildman–Crippen MR) is 58.3 cm³/mol. The van der Waals surface area contributed by atoms with Crippen LogP contribution >= 0.6 is 0 Å². The van der Waals surface area contributed by atoms with Gasteiger partial charge in [-0.15, -0.1) is 0 Å². The van der Waals surface area contributed by atoms with Crippen molar-refractivity contribution in [1.82, 2.24) is 14.5 Å². The van der Waals surface area contributed by atoms with E-state index in [0.29, 0.717) is 5.69 Å². The van der Waals surface area contributed by atoms with Crippen molar-refractivity contribution < 1.29 is 9.53 Å². The molecule has 0 fully saturated rings. The van der Waals surface area contributed by atoms with Gasteiger partial charge in [0.05, 0.1) is 5.69 Å². The van der Waals surface area contributed by atoms with Gasteiger partial charge in [-0.2, -0.15) is 0 Å². The minimum absolute atomic E-state index is 0.419. The van der Waals surface area contributed by atoms with Gasteiger partial charge in [-0.25, -0.2) is 14.8 Å². The summed E-state index contributed by atoms with van der Waals surface area (Å²) < 4.78 is 6.59. The predicted octanol–water partition coefficient (Wildman–Crippen LogP) is 2.17. The fraction of sp³-hybridized carbons (Fsp3) is 0.364. The van der Waals surface area contributed by atoms with Gasteiger partial charge in [0.15, 0.2) is 0 Å². The molecule has 0 aliphatic carbocycles. The summed E-state index contributed by atoms with van der Waals surface area (Å²) in [6.45, 7) is 5.48. The van der Waals surface area contributed by atoms with Crippen LogP contribution in [-0.2, 0) is 4.74 Å². The van der Waals surface area contributed by atoms with Crippen molar-refractivity contribution >= 4 is 6.09 Å². The van der Waals surface area contributed by atoms with Gasteiger partial charge in [0.25, 0.3) is 0 Å². The van der Waals surface area contributed by atoms with Gasteiger partial charge in [-0.05, 0) is 26.8 Å². The lowest BCUT2D eigenvalue weighted by atomic mass is 10.2. The van der Waals surface area contributed by atoms with E-state index in [4.69, 9.17) is 4.74 Å². The maximum atomic E-state index is 11.7. The summed E-state index contributed by atoms with van der Waals surface area (Å²) >= 11 is 0. The number of aromatic nitrogens is 3. The molecule has 16 heavy (non-hydrogen) atoms. The lowest BCUT2D eigenvalue weighted by Gasteiger charge is -2.20. The molecular formula is C11H13N3O2. The van der Waals surface area contributed by atoms with Crippen LogP contribution in [0.2, 0.25) is 0 Å². The third-order valence-electron chi connectivity index (χ3n) is 1.91. The largest absolute Gasteiger partial charge is 0.443 e. The molecule has 2 heterocycles. The number of hydrogen-bond donors (Lipinski definition) is 0. The Morgan fingerprint density at radius 1 is 1.31 bits per heavy atom. The molecular weight excluding hydrogens is 206 g/mol. The minimum atomic E-state index is -0.503. The molecule has 0 aromatic rings. The van der Waals surface area contributed by atoms with E-state index in [9.17, 15) is 4.79 Å². The summed E-state index contributed by atoms with van der Waals surface area (Å²) in [4.78, 5) is 19.8. The number of hydrogen-bond acceptors (Lipinski definition) is 4. The first-order valence-corrected chi connectivity index (χ1v) is 4.98. The summed E-state index contributed by atoms with van der Waals surface area (Å²) in [7, 11) is 0. The second-order valence-electron chi connectivity index (χ2n) is 4.48. The Morgan fingerprint density at radius 3 is 2.69 bits per heavy atom. The van der Waals surface area contributed by atoms with Crippen LogP contribution in [0.15, 0.2) is 24.8 Å². The zero-order valence-corrected chi connectivity index (χ0v) is 9.47. The van der Waals surface area contributed by atoms with Gasteiger partial charge in [0, 0.05) is 12.4 Å². The van der Waals surface area contributed by atoms with E-state index in [0.717, 1.165) is 5.69 Å². The van der Waals surface area contributed by atoms with Crippen molar-refractivity contribution in [3.8, 4) is 11.4 Å². The van der Waals surface area contributed by atoms with Crippen molar-refractivity contribution in [3.63, 3.8) is 0 Å². The second kappa shape index (κ2) is 3.59. The highest BCUT2D eigenvalue weighted by Gasteiger charge is 2.18. The second-order valence-corrected chi connectivity index (χ2v) is 4.48. The van der Waals surface area contributed by atoms with E-state index in [2.05, 4.69) is 9.97 Å². The van der Waals surface area contributed by atoms with E-state index in [1.54, 1.807) is 18.5 Å². The Balaban J connectivity index is 2.27. The average Bonchev–Trinajstić information content (AvgIpc) is 2.61. The molecule has 0 amide bonds. The highest BCUT2D eigenvalue weighted by Crippen LogP contribution is 2.16. The van der Waals surface area contributed by atoms with Gasteiger partial charge in [0.1, 0.15) is 17.6 Å². The molecule has 2 aliphatic heterocycles. The number of carbonyl (C=O) groups is 1. The monoisotopic (exact) mass is 219 g/mol. The molecule has 0 unspecified atom stereocenters. The molecule has 0 aromatic heterocycles. The van der Waals surface area contributed by atoms with Gasteiger partial charge >= 0.3 is 6.09 Å². The lowest BCUT2D eigenvalue weighted by molar-refractivity contribution is 0.0536. The fourth-order valence-corrected chi connectivity index (χ4v) is 1.27. The quantitative estimate of drug-likeness (QED) is 0.681. The van der Waals surface area contributed by atoms with Gasteiger partial charge in [0.2, 0.25) is 0 Å². The lowest BCUT2D eigenvalue weighted by Crippen LogP contribution is -2.27. The van der Waals surface area contributed by atoms with Crippen molar-refractivity contribution in [3.05, 3.63) is 24.8 Å². The van der Waals surface area contributed by atoms with Crippen molar-refractivity contribution in [2.75, 3.05) is 0 Å². The third kappa shape index (κ3) is 2.18. The number of ether oxygens (including phenoxy) is 1. The first-order valence-electron chi connectivity index (χ1n) is 4.98. The molecule has 0 radical (unpaired) electrons. The Labute approximate surface area is 93.4 Å². The fourth-order valence-electron chi connectivity index (χ4n) is 1.27. The standard InChI is InChI=1S/C11H13N3O2/c1-11(2,3)16-10(15)14-5-4-8-9(6-14)13-7-12-8/h4-7H,1-3H3. The van der Waals surface area contributed by atoms with E-state index < -0.39 is 11.7 Å². The topological polar surface area (TPSA) is 57.0 Å². The minimum Gasteiger partial charge on any atom is -0.443 e. The Bertz CT molecular complexity index is 484. The van der Waals surface area contributed by atoms with Crippen LogP contribution in [0.25, 0.3) is 11.4 Å². The van der Waals surface area contributed by atoms with Crippen LogP contribution in [-0.4, -0.2) is 26.2 Å². The molecule has 0 aromatic carbocycles. The molecule has 2 rings (SSSR count). The van der Waals surface area contributed by atoms with Crippen LogP contribution in [0, 0.1) is 0 Å². The number of nitrogens with zero attached hydrogens (tertiary/aromatic N) is 3. The molecule has 2 aliphatic rings. The molecule has 0 saturated heterocycles. The van der Waals surface area contributed by atoms with Crippen LogP contribution < -0.4 is 0 Å². The van der Waals surface area contributed by atoms with Crippen LogP contribution in [0.5, 0.6) is 0 Å². The summed E-state index contributed by atoms with van der Waals surface area (Å²) in [6.07, 6.45) is 4.27. The van der Waals surface area contributed by atoms with E-state index in [1.165, 1.54) is 10.9 Å². The summed E-state index contributed by atoms with van der Waals surface area (Å²) in [6, 6.07) is 1.73. The van der Waals surface area contributed by atoms with Crippen molar-refractivity contribution in [2.24, 2.45) is 0 Å². The molecule has 0 saturated carbocycles. The first-order chi connectivity index (χ1) is 7.46. The maximum Gasteiger partial charge on any atom is 0.418 e. The summed E-state index contributed by atoms with van der Waals surface area (Å²) in [5.74, 6) is 0. The van der Waals surface area contributed by atoms with Gasteiger partial charge in [-0.1, -0.05) is 0 Å². The van der Waals surface area contributed by atoms with Crippen LogP contribution in [0.3, 0.4) is 0 Å². The number of imidazole rings is 1. The molecule has 0 N–H and O–H groups in total. The maximum absolute atomic E-state index is 11.7. The van der Waals surface area contributed by atoms with E-state index in [1.807, 2.05) is 20.8 Å². The highest BCUT2D eigenvalue weighted by atomic mass is 16.6. The highest BCUT2D eigenvalue weighted by molar-refractivity contribution is 5.72. The van der Waals surface area contributed by atoms with Gasteiger partial charge in [-0.3, -0.25) is 4.57 Å². The summed E-state index contributed by atoms with van der Waals surface area (Å²) in [5, 5.41) is 0. The van der Waals surface area contributed by atoms with Crippen LogP contribution in [0.4, 0.5) is 4.79 Å². The summed E-state index contributed by atoms with van der Waals surface area (Å²) in [5.41, 5.74) is 0.935. The van der Waals surface area contributed by atoms with Gasteiger partial charge < -0.3 is 4.74 Å². The normalized spacial score (nSPS) is 11.7. The SMILES string of the molecule is CC(C)(C)OC(=O)n1ccc2ncnc-2c1. The van der Waals surface area contributed by atoms with E-state index >= 15 is 0 Å². The Morgan fingerprint density at radius 2 is 2.00 bits per heavy atom.